The molecule has 216 valence electrons. The van der Waals surface area contributed by atoms with Crippen molar-refractivity contribution in [3.63, 3.8) is 0 Å². The van der Waals surface area contributed by atoms with Gasteiger partial charge in [-0.2, -0.15) is 5.10 Å². The Bertz CT molecular complexity index is 2500. The van der Waals surface area contributed by atoms with Crippen LogP contribution in [0.1, 0.15) is 0 Å². The highest BCUT2D eigenvalue weighted by atomic mass is 15.3. The van der Waals surface area contributed by atoms with Gasteiger partial charge in [0.2, 0.25) is 0 Å². The fraction of sp³-hybridized carbons (Fsp3) is 0. The molecule has 0 saturated carbocycles. The summed E-state index contributed by atoms with van der Waals surface area (Å²) >= 11 is 0. The Labute approximate surface area is 267 Å². The SMILES string of the molecule is c1ccc(-c2cc(-c3ccccc3)n(-c3ccc(-n4c5ccccc5c5cc(-c6cccc7ccccc67)ccc54)cc3)n2)cc1. The molecule has 0 aliphatic carbocycles. The molecule has 0 N–H and O–H groups in total. The molecular weight excluding hydrogens is 558 g/mol. The second kappa shape index (κ2) is 10.8. The number of rotatable bonds is 5. The van der Waals surface area contributed by atoms with Gasteiger partial charge in [-0.1, -0.05) is 127 Å². The van der Waals surface area contributed by atoms with Crippen LogP contribution in [0.5, 0.6) is 0 Å². The number of fused-ring (bicyclic) bond motifs is 4. The van der Waals surface area contributed by atoms with Crippen LogP contribution in [0.2, 0.25) is 0 Å². The monoisotopic (exact) mass is 587 g/mol. The minimum atomic E-state index is 0.952. The Morgan fingerprint density at radius 1 is 0.391 bits per heavy atom. The van der Waals surface area contributed by atoms with Crippen LogP contribution in [0, 0.1) is 0 Å². The summed E-state index contributed by atoms with van der Waals surface area (Å²) in [7, 11) is 0. The molecule has 0 radical (unpaired) electrons. The van der Waals surface area contributed by atoms with Crippen LogP contribution in [-0.2, 0) is 0 Å². The maximum Gasteiger partial charge on any atom is 0.0934 e. The van der Waals surface area contributed by atoms with Crippen LogP contribution in [0.25, 0.3) is 77.6 Å². The van der Waals surface area contributed by atoms with Crippen molar-refractivity contribution >= 4 is 32.6 Å². The first-order chi connectivity index (χ1) is 22.8. The Kier molecular flexibility index (Phi) is 6.14. The number of nitrogens with zero attached hydrogens (tertiary/aromatic N) is 3. The summed E-state index contributed by atoms with van der Waals surface area (Å²) in [6.07, 6.45) is 0. The van der Waals surface area contributed by atoms with E-state index in [0.29, 0.717) is 0 Å². The standard InChI is InChI=1S/C43H29N3/c1-3-13-31(14-4-1)40-29-43(32-15-5-2-6-16-32)46(44-40)35-25-23-34(24-26-35)45-41-21-10-9-19-38(41)39-28-33(22-27-42(39)45)37-20-11-17-30-12-7-8-18-36(30)37/h1-29H. The van der Waals surface area contributed by atoms with Gasteiger partial charge in [0.25, 0.3) is 0 Å². The molecular formula is C43H29N3. The first-order valence-electron chi connectivity index (χ1n) is 15.6. The van der Waals surface area contributed by atoms with Crippen molar-refractivity contribution in [2.24, 2.45) is 0 Å². The lowest BCUT2D eigenvalue weighted by atomic mass is 9.97. The smallest absolute Gasteiger partial charge is 0.0934 e. The van der Waals surface area contributed by atoms with E-state index < -0.39 is 0 Å². The van der Waals surface area contributed by atoms with E-state index in [1.165, 1.54) is 43.7 Å². The Morgan fingerprint density at radius 2 is 1.02 bits per heavy atom. The molecule has 0 aliphatic rings. The zero-order valence-electron chi connectivity index (χ0n) is 25.1. The van der Waals surface area contributed by atoms with E-state index in [2.05, 4.69) is 173 Å². The summed E-state index contributed by atoms with van der Waals surface area (Å²) in [6.45, 7) is 0. The van der Waals surface area contributed by atoms with Crippen molar-refractivity contribution in [2.75, 3.05) is 0 Å². The molecule has 0 unspecified atom stereocenters. The molecule has 0 spiro atoms. The molecule has 0 fully saturated rings. The highest BCUT2D eigenvalue weighted by Gasteiger charge is 2.16. The summed E-state index contributed by atoms with van der Waals surface area (Å²) < 4.78 is 4.43. The summed E-state index contributed by atoms with van der Waals surface area (Å²) in [4.78, 5) is 0. The average molecular weight is 588 g/mol. The van der Waals surface area contributed by atoms with Gasteiger partial charge in [0.1, 0.15) is 0 Å². The molecule has 0 amide bonds. The van der Waals surface area contributed by atoms with E-state index in [4.69, 9.17) is 5.10 Å². The Morgan fingerprint density at radius 3 is 1.83 bits per heavy atom. The average Bonchev–Trinajstić information content (AvgIpc) is 3.72. The third-order valence-electron chi connectivity index (χ3n) is 8.97. The predicted octanol–water partition coefficient (Wildman–Crippen LogP) is 11.1. The van der Waals surface area contributed by atoms with Crippen LogP contribution >= 0.6 is 0 Å². The van der Waals surface area contributed by atoms with Gasteiger partial charge in [0.15, 0.2) is 0 Å². The number of hydrogen-bond donors (Lipinski definition) is 0. The molecule has 0 bridgehead atoms. The van der Waals surface area contributed by atoms with Crippen molar-refractivity contribution in [3.8, 4) is 45.0 Å². The van der Waals surface area contributed by atoms with Crippen LogP contribution in [0.3, 0.4) is 0 Å². The van der Waals surface area contributed by atoms with E-state index in [0.717, 1.165) is 33.9 Å². The molecule has 2 aromatic heterocycles. The molecule has 3 heteroatoms. The quantitative estimate of drug-likeness (QED) is 0.196. The molecule has 9 rings (SSSR count). The van der Waals surface area contributed by atoms with Gasteiger partial charge >= 0.3 is 0 Å². The van der Waals surface area contributed by atoms with Crippen molar-refractivity contribution in [1.29, 1.82) is 0 Å². The van der Waals surface area contributed by atoms with Crippen molar-refractivity contribution in [3.05, 3.63) is 176 Å². The van der Waals surface area contributed by atoms with Crippen LogP contribution in [-0.4, -0.2) is 14.3 Å². The van der Waals surface area contributed by atoms with Gasteiger partial charge in [0, 0.05) is 27.6 Å². The fourth-order valence-electron chi connectivity index (χ4n) is 6.78. The molecule has 0 aliphatic heterocycles. The van der Waals surface area contributed by atoms with Gasteiger partial charge in [0.05, 0.1) is 28.1 Å². The molecule has 7 aromatic carbocycles. The maximum atomic E-state index is 5.09. The van der Waals surface area contributed by atoms with Crippen molar-refractivity contribution < 1.29 is 0 Å². The minimum Gasteiger partial charge on any atom is -0.309 e. The fourth-order valence-corrected chi connectivity index (χ4v) is 6.78. The maximum absolute atomic E-state index is 5.09. The van der Waals surface area contributed by atoms with E-state index in [9.17, 15) is 0 Å². The van der Waals surface area contributed by atoms with Crippen LogP contribution < -0.4 is 0 Å². The van der Waals surface area contributed by atoms with Crippen molar-refractivity contribution in [1.82, 2.24) is 14.3 Å². The lowest BCUT2D eigenvalue weighted by molar-refractivity contribution is 0.891. The highest BCUT2D eigenvalue weighted by molar-refractivity contribution is 6.11. The second-order valence-corrected chi connectivity index (χ2v) is 11.7. The van der Waals surface area contributed by atoms with Gasteiger partial charge < -0.3 is 4.57 Å². The van der Waals surface area contributed by atoms with Crippen molar-refractivity contribution in [2.45, 2.75) is 0 Å². The van der Waals surface area contributed by atoms with Gasteiger partial charge in [-0.05, 0) is 70.4 Å². The molecule has 46 heavy (non-hydrogen) atoms. The summed E-state index contributed by atoms with van der Waals surface area (Å²) in [6, 6.07) is 62.6. The largest absolute Gasteiger partial charge is 0.309 e. The Hall–Kier alpha value is -6.19. The zero-order valence-corrected chi connectivity index (χ0v) is 25.1. The normalized spacial score (nSPS) is 11.5. The topological polar surface area (TPSA) is 22.8 Å². The molecule has 0 saturated heterocycles. The van der Waals surface area contributed by atoms with Gasteiger partial charge in [-0.25, -0.2) is 4.68 Å². The van der Waals surface area contributed by atoms with E-state index in [1.807, 2.05) is 12.1 Å². The highest BCUT2D eigenvalue weighted by Crippen LogP contribution is 2.37. The number of benzene rings is 7. The second-order valence-electron chi connectivity index (χ2n) is 11.7. The minimum absolute atomic E-state index is 0.952. The van der Waals surface area contributed by atoms with Gasteiger partial charge in [-0.15, -0.1) is 0 Å². The first-order valence-corrected chi connectivity index (χ1v) is 15.6. The van der Waals surface area contributed by atoms with Crippen LogP contribution in [0.15, 0.2) is 176 Å². The molecule has 2 heterocycles. The third-order valence-corrected chi connectivity index (χ3v) is 8.97. The summed E-state index contributed by atoms with van der Waals surface area (Å²) in [5, 5.41) is 10.1. The number of aromatic nitrogens is 3. The first kappa shape index (κ1) is 26.2. The number of hydrogen-bond acceptors (Lipinski definition) is 1. The molecule has 3 nitrogen and oxygen atoms in total. The Balaban J connectivity index is 1.17. The van der Waals surface area contributed by atoms with Crippen LogP contribution in [0.4, 0.5) is 0 Å². The van der Waals surface area contributed by atoms with E-state index in [-0.39, 0.29) is 0 Å². The lowest BCUT2D eigenvalue weighted by Gasteiger charge is -2.12. The number of para-hydroxylation sites is 1. The van der Waals surface area contributed by atoms with E-state index >= 15 is 0 Å². The van der Waals surface area contributed by atoms with Gasteiger partial charge in [-0.3, -0.25) is 0 Å². The summed E-state index contributed by atoms with van der Waals surface area (Å²) in [5.41, 5.74) is 11.2. The predicted molar refractivity (Wildman–Crippen MR) is 192 cm³/mol. The third kappa shape index (κ3) is 4.33. The van der Waals surface area contributed by atoms with E-state index in [1.54, 1.807) is 0 Å². The zero-order chi connectivity index (χ0) is 30.5. The molecule has 0 atom stereocenters. The summed E-state index contributed by atoms with van der Waals surface area (Å²) in [5.74, 6) is 0. The lowest BCUT2D eigenvalue weighted by Crippen LogP contribution is -2.00. The molecule has 9 aromatic rings.